The molecule has 0 bridgehead atoms. The number of carbonyl (C=O) groups excluding carboxylic acids is 1. The maximum atomic E-state index is 13.6. The zero-order valence-electron chi connectivity index (χ0n) is 15.3. The molecule has 3 fully saturated rings. The lowest BCUT2D eigenvalue weighted by molar-refractivity contribution is -0.192. The molecule has 1 saturated carbocycles. The quantitative estimate of drug-likeness (QED) is 0.734. The number of likely N-dealkylation sites (tertiary alicyclic amines) is 1. The number of rotatable bonds is 3. The number of ether oxygens (including phenoxy) is 1. The Labute approximate surface area is 168 Å². The fraction of sp³-hybridized carbons (Fsp3) is 0.611. The topological polar surface area (TPSA) is 79.7 Å². The summed E-state index contributed by atoms with van der Waals surface area (Å²) in [4.78, 5) is 27.0. The van der Waals surface area contributed by atoms with Crippen LogP contribution in [0.1, 0.15) is 25.7 Å². The van der Waals surface area contributed by atoms with Gasteiger partial charge in [-0.3, -0.25) is 4.79 Å². The molecule has 1 unspecified atom stereocenters. The largest absolute Gasteiger partial charge is 0.490 e. The lowest BCUT2D eigenvalue weighted by Gasteiger charge is -2.49. The highest BCUT2D eigenvalue weighted by Gasteiger charge is 2.52. The van der Waals surface area contributed by atoms with Gasteiger partial charge in [0.05, 0.1) is 4.75 Å². The maximum absolute atomic E-state index is 13.6. The van der Waals surface area contributed by atoms with Crippen LogP contribution in [-0.4, -0.2) is 62.7 Å². The normalized spacial score (nSPS) is 22.9. The second-order valence-electron chi connectivity index (χ2n) is 7.35. The van der Waals surface area contributed by atoms with Gasteiger partial charge in [-0.1, -0.05) is 6.42 Å². The van der Waals surface area contributed by atoms with E-state index < -0.39 is 18.0 Å². The van der Waals surface area contributed by atoms with Crippen LogP contribution in [0.15, 0.2) is 18.3 Å². The second-order valence-corrected chi connectivity index (χ2v) is 8.84. The summed E-state index contributed by atoms with van der Waals surface area (Å²) in [5.74, 6) is -1.64. The van der Waals surface area contributed by atoms with E-state index in [1.54, 1.807) is 12.3 Å². The molecule has 29 heavy (non-hydrogen) atoms. The van der Waals surface area contributed by atoms with Crippen molar-refractivity contribution >= 4 is 23.6 Å². The van der Waals surface area contributed by atoms with Gasteiger partial charge < -0.3 is 14.7 Å². The van der Waals surface area contributed by atoms with Gasteiger partial charge in [0.15, 0.2) is 5.82 Å². The fourth-order valence-corrected chi connectivity index (χ4v) is 4.96. The predicted molar refractivity (Wildman–Crippen MR) is 96.0 cm³/mol. The van der Waals surface area contributed by atoms with E-state index >= 15 is 0 Å². The van der Waals surface area contributed by atoms with E-state index in [-0.39, 0.29) is 22.6 Å². The number of carboxylic acids is 1. The standard InChI is InChI=1S/C16H19FN2O2S.C2HF3O2/c17-13-5-2-6-18-14(13)21-12-7-16(22-8-12)9-19(10-16)15(20)11-3-1-4-11;3-2(4,5)1(6)7/h2,5-6,11-12H,1,3-4,7-10H2;(H,6,7). The Bertz CT molecular complexity index is 766. The van der Waals surface area contributed by atoms with Crippen molar-refractivity contribution in [1.29, 1.82) is 0 Å². The number of carbonyl (C=O) groups is 2. The van der Waals surface area contributed by atoms with Crippen molar-refractivity contribution in [3.8, 4) is 5.88 Å². The second kappa shape index (κ2) is 8.37. The van der Waals surface area contributed by atoms with Gasteiger partial charge in [0, 0.05) is 37.4 Å². The number of amides is 1. The molecule has 0 radical (unpaired) electrons. The SMILES string of the molecule is O=C(C1CCC1)N1CC2(CC(Oc3ncccc3F)CS2)C1.O=C(O)C(F)(F)F. The number of hydrogen-bond donors (Lipinski definition) is 1. The van der Waals surface area contributed by atoms with Crippen LogP contribution in [0.5, 0.6) is 5.88 Å². The fourth-order valence-electron chi connectivity index (χ4n) is 3.43. The molecule has 1 atom stereocenters. The summed E-state index contributed by atoms with van der Waals surface area (Å²) in [6.07, 6.45) is 0.604. The molecule has 1 N–H and O–H groups in total. The third-order valence-electron chi connectivity index (χ3n) is 5.14. The number of carboxylic acid groups (broad SMARTS) is 1. The monoisotopic (exact) mass is 436 g/mol. The highest BCUT2D eigenvalue weighted by atomic mass is 32.2. The Kier molecular flexibility index (Phi) is 6.25. The van der Waals surface area contributed by atoms with Crippen LogP contribution in [0.25, 0.3) is 0 Å². The lowest BCUT2D eigenvalue weighted by atomic mass is 9.82. The van der Waals surface area contributed by atoms with E-state index in [2.05, 4.69) is 4.98 Å². The van der Waals surface area contributed by atoms with Gasteiger partial charge in [-0.25, -0.2) is 14.2 Å². The average Bonchev–Trinajstić information content (AvgIpc) is 2.98. The molecule has 3 heterocycles. The number of aromatic nitrogens is 1. The number of alkyl halides is 3. The molecule has 160 valence electrons. The van der Waals surface area contributed by atoms with E-state index in [0.29, 0.717) is 5.91 Å². The summed E-state index contributed by atoms with van der Waals surface area (Å²) in [5.41, 5.74) is 0. The van der Waals surface area contributed by atoms with Crippen LogP contribution < -0.4 is 4.74 Å². The van der Waals surface area contributed by atoms with Gasteiger partial charge in [-0.05, 0) is 25.0 Å². The van der Waals surface area contributed by atoms with E-state index in [0.717, 1.165) is 38.1 Å². The van der Waals surface area contributed by atoms with Crippen LogP contribution in [0, 0.1) is 11.7 Å². The maximum Gasteiger partial charge on any atom is 0.490 e. The van der Waals surface area contributed by atoms with Crippen molar-refractivity contribution in [3.63, 3.8) is 0 Å². The van der Waals surface area contributed by atoms with Crippen LogP contribution in [0.3, 0.4) is 0 Å². The molecule has 6 nitrogen and oxygen atoms in total. The molecule has 11 heteroatoms. The van der Waals surface area contributed by atoms with Crippen molar-refractivity contribution in [2.75, 3.05) is 18.8 Å². The highest BCUT2D eigenvalue weighted by Crippen LogP contribution is 2.47. The summed E-state index contributed by atoms with van der Waals surface area (Å²) in [6.45, 7) is 1.63. The third kappa shape index (κ3) is 5.12. The molecule has 3 aliphatic rings. The van der Waals surface area contributed by atoms with Crippen LogP contribution in [-0.2, 0) is 9.59 Å². The Morgan fingerprint density at radius 1 is 1.31 bits per heavy atom. The summed E-state index contributed by atoms with van der Waals surface area (Å²) in [6, 6.07) is 2.92. The van der Waals surface area contributed by atoms with Crippen molar-refractivity contribution in [3.05, 3.63) is 24.1 Å². The van der Waals surface area contributed by atoms with Crippen molar-refractivity contribution < 1.29 is 37.0 Å². The van der Waals surface area contributed by atoms with Crippen LogP contribution in [0.4, 0.5) is 17.6 Å². The lowest BCUT2D eigenvalue weighted by Crippen LogP contribution is -2.62. The summed E-state index contributed by atoms with van der Waals surface area (Å²) < 4.78 is 51.1. The van der Waals surface area contributed by atoms with Gasteiger partial charge in [-0.2, -0.15) is 13.2 Å². The van der Waals surface area contributed by atoms with E-state index in [9.17, 15) is 22.4 Å². The van der Waals surface area contributed by atoms with E-state index in [1.807, 2.05) is 16.7 Å². The van der Waals surface area contributed by atoms with Crippen LogP contribution >= 0.6 is 11.8 Å². The smallest absolute Gasteiger partial charge is 0.475 e. The Morgan fingerprint density at radius 3 is 2.48 bits per heavy atom. The van der Waals surface area contributed by atoms with E-state index in [4.69, 9.17) is 14.6 Å². The first-order valence-electron chi connectivity index (χ1n) is 9.10. The molecule has 1 aliphatic carbocycles. The number of halogens is 4. The molecular formula is C18H20F4N2O4S. The minimum atomic E-state index is -5.08. The Morgan fingerprint density at radius 2 is 1.97 bits per heavy atom. The van der Waals surface area contributed by atoms with Gasteiger partial charge in [0.25, 0.3) is 5.88 Å². The summed E-state index contributed by atoms with van der Waals surface area (Å²) >= 11 is 1.85. The minimum absolute atomic E-state index is 0.0182. The number of nitrogens with zero attached hydrogens (tertiary/aromatic N) is 2. The van der Waals surface area contributed by atoms with E-state index in [1.165, 1.54) is 12.5 Å². The molecule has 1 aromatic rings. The van der Waals surface area contributed by atoms with Crippen LogP contribution in [0.2, 0.25) is 0 Å². The molecule has 0 aromatic carbocycles. The number of aliphatic carboxylic acids is 1. The molecule has 1 aromatic heterocycles. The first-order valence-corrected chi connectivity index (χ1v) is 10.1. The van der Waals surface area contributed by atoms with Gasteiger partial charge >= 0.3 is 12.1 Å². The first kappa shape index (κ1) is 21.7. The third-order valence-corrected chi connectivity index (χ3v) is 6.72. The molecule has 2 aliphatic heterocycles. The summed E-state index contributed by atoms with van der Waals surface area (Å²) in [7, 11) is 0. The molecule has 2 saturated heterocycles. The Balaban J connectivity index is 0.000000298. The summed E-state index contributed by atoms with van der Waals surface area (Å²) in [5, 5.41) is 7.12. The molecular weight excluding hydrogens is 416 g/mol. The van der Waals surface area contributed by atoms with Gasteiger partial charge in [0.2, 0.25) is 5.91 Å². The molecule has 1 spiro atoms. The van der Waals surface area contributed by atoms with Gasteiger partial charge in [-0.15, -0.1) is 11.8 Å². The van der Waals surface area contributed by atoms with Crippen molar-refractivity contribution in [2.45, 2.75) is 42.7 Å². The Hall–Kier alpha value is -2.04. The zero-order chi connectivity index (χ0) is 21.2. The van der Waals surface area contributed by atoms with Crippen molar-refractivity contribution in [2.24, 2.45) is 5.92 Å². The highest BCUT2D eigenvalue weighted by molar-refractivity contribution is 8.01. The number of pyridine rings is 1. The molecule has 4 rings (SSSR count). The predicted octanol–water partition coefficient (Wildman–Crippen LogP) is 3.12. The minimum Gasteiger partial charge on any atom is -0.475 e. The number of thioether (sulfide) groups is 1. The number of hydrogen-bond acceptors (Lipinski definition) is 5. The average molecular weight is 436 g/mol. The first-order chi connectivity index (χ1) is 13.6. The van der Waals surface area contributed by atoms with Gasteiger partial charge in [0.1, 0.15) is 6.10 Å². The molecule has 1 amide bonds. The zero-order valence-corrected chi connectivity index (χ0v) is 16.1. The van der Waals surface area contributed by atoms with Crippen molar-refractivity contribution in [1.82, 2.24) is 9.88 Å².